The molecule has 0 saturated carbocycles. The predicted molar refractivity (Wildman–Crippen MR) is 75.3 cm³/mol. The summed E-state index contributed by atoms with van der Waals surface area (Å²) in [5.41, 5.74) is 9.04. The second-order valence-electron chi connectivity index (χ2n) is 4.40. The van der Waals surface area contributed by atoms with Gasteiger partial charge in [0.2, 0.25) is 0 Å². The molecule has 0 radical (unpaired) electrons. The highest BCUT2D eigenvalue weighted by Crippen LogP contribution is 2.24. The minimum Gasteiger partial charge on any atom is -0.408 e. The number of anilines is 2. The Balaban J connectivity index is 1.86. The second kappa shape index (κ2) is 4.69. The maximum absolute atomic E-state index is 11.1. The van der Waals surface area contributed by atoms with Crippen LogP contribution in [-0.2, 0) is 6.54 Å². The zero-order valence-electron chi connectivity index (χ0n) is 10.8. The summed E-state index contributed by atoms with van der Waals surface area (Å²) < 4.78 is 4.94. The molecule has 0 bridgehead atoms. The molecule has 7 nitrogen and oxygen atoms in total. The molecule has 7 heteroatoms. The Morgan fingerprint density at radius 2 is 2.30 bits per heavy atom. The Kier molecular flexibility index (Phi) is 2.86. The first-order valence-electron chi connectivity index (χ1n) is 6.06. The maximum Gasteiger partial charge on any atom is 0.417 e. The molecule has 102 valence electrons. The van der Waals surface area contributed by atoms with Gasteiger partial charge >= 0.3 is 5.76 Å². The average Bonchev–Trinajstić information content (AvgIpc) is 2.75. The zero-order chi connectivity index (χ0) is 14.1. The van der Waals surface area contributed by atoms with Gasteiger partial charge in [-0.15, -0.1) is 0 Å². The van der Waals surface area contributed by atoms with Crippen LogP contribution in [0.1, 0.15) is 11.5 Å². The van der Waals surface area contributed by atoms with Gasteiger partial charge in [0.1, 0.15) is 5.82 Å². The number of oxazole rings is 1. The van der Waals surface area contributed by atoms with Crippen molar-refractivity contribution < 1.29 is 4.42 Å². The van der Waals surface area contributed by atoms with E-state index in [-0.39, 0.29) is 0 Å². The van der Waals surface area contributed by atoms with Gasteiger partial charge in [-0.3, -0.25) is 4.98 Å². The van der Waals surface area contributed by atoms with Gasteiger partial charge in [-0.1, -0.05) is 0 Å². The standard InChI is InChI=1S/C13H13N5O2/c1-7-15-3-2-8(17-7)6-16-10-5-11-12(4-9(10)14)20-13(19)18-11/h2-5,16H,6,14H2,1H3,(H,18,19). The summed E-state index contributed by atoms with van der Waals surface area (Å²) in [6, 6.07) is 5.18. The van der Waals surface area contributed by atoms with E-state index in [9.17, 15) is 4.79 Å². The number of hydrogen-bond acceptors (Lipinski definition) is 6. The molecule has 4 N–H and O–H groups in total. The van der Waals surface area contributed by atoms with Crippen LogP contribution < -0.4 is 16.8 Å². The summed E-state index contributed by atoms with van der Waals surface area (Å²) in [5, 5.41) is 3.18. The van der Waals surface area contributed by atoms with Gasteiger partial charge in [-0.2, -0.15) is 0 Å². The van der Waals surface area contributed by atoms with Crippen molar-refractivity contribution in [3.63, 3.8) is 0 Å². The van der Waals surface area contributed by atoms with E-state index in [1.54, 1.807) is 18.3 Å². The van der Waals surface area contributed by atoms with Crippen molar-refractivity contribution in [2.45, 2.75) is 13.5 Å². The van der Waals surface area contributed by atoms with Crippen LogP contribution >= 0.6 is 0 Å². The highest BCUT2D eigenvalue weighted by Gasteiger charge is 2.07. The van der Waals surface area contributed by atoms with Gasteiger partial charge in [-0.25, -0.2) is 14.8 Å². The Morgan fingerprint density at radius 1 is 1.45 bits per heavy atom. The Hall–Kier alpha value is -2.83. The van der Waals surface area contributed by atoms with Crippen molar-refractivity contribution in [2.24, 2.45) is 0 Å². The molecule has 2 aromatic heterocycles. The summed E-state index contributed by atoms with van der Waals surface area (Å²) >= 11 is 0. The van der Waals surface area contributed by atoms with E-state index >= 15 is 0 Å². The Morgan fingerprint density at radius 3 is 3.10 bits per heavy atom. The van der Waals surface area contributed by atoms with E-state index in [2.05, 4.69) is 20.3 Å². The van der Waals surface area contributed by atoms with E-state index in [0.29, 0.717) is 34.8 Å². The lowest BCUT2D eigenvalue weighted by Gasteiger charge is -2.09. The molecule has 0 atom stereocenters. The van der Waals surface area contributed by atoms with Crippen molar-refractivity contribution in [1.29, 1.82) is 0 Å². The number of aromatic amines is 1. The van der Waals surface area contributed by atoms with Crippen molar-refractivity contribution in [3.05, 3.63) is 46.5 Å². The van der Waals surface area contributed by atoms with Gasteiger partial charge in [0.15, 0.2) is 5.58 Å². The third kappa shape index (κ3) is 2.33. The molecule has 0 fully saturated rings. The molecule has 20 heavy (non-hydrogen) atoms. The lowest BCUT2D eigenvalue weighted by atomic mass is 10.2. The first kappa shape index (κ1) is 12.2. The number of H-pyrrole nitrogens is 1. The summed E-state index contributed by atoms with van der Waals surface area (Å²) in [7, 11) is 0. The monoisotopic (exact) mass is 271 g/mol. The number of hydrogen-bond donors (Lipinski definition) is 3. The summed E-state index contributed by atoms with van der Waals surface area (Å²) in [4.78, 5) is 22.1. The first-order chi connectivity index (χ1) is 9.61. The fourth-order valence-electron chi connectivity index (χ4n) is 1.96. The van der Waals surface area contributed by atoms with Gasteiger partial charge in [0.05, 0.1) is 29.1 Å². The van der Waals surface area contributed by atoms with Crippen LogP contribution in [0.25, 0.3) is 11.1 Å². The number of fused-ring (bicyclic) bond motifs is 1. The molecule has 3 rings (SSSR count). The third-order valence-electron chi connectivity index (χ3n) is 2.88. The van der Waals surface area contributed by atoms with E-state index < -0.39 is 5.76 Å². The Labute approximate surface area is 113 Å². The third-order valence-corrected chi connectivity index (χ3v) is 2.88. The number of aromatic nitrogens is 3. The number of nitrogen functional groups attached to an aromatic ring is 1. The predicted octanol–water partition coefficient (Wildman–Crippen LogP) is 1.41. The van der Waals surface area contributed by atoms with E-state index in [0.717, 1.165) is 5.69 Å². The highest BCUT2D eigenvalue weighted by molar-refractivity contribution is 5.85. The molecule has 0 aliphatic heterocycles. The summed E-state index contributed by atoms with van der Waals surface area (Å²) in [5.74, 6) is 0.217. The fourth-order valence-corrected chi connectivity index (χ4v) is 1.96. The molecule has 3 aromatic rings. The SMILES string of the molecule is Cc1nccc(CNc2cc3[nH]c(=O)oc3cc2N)n1. The zero-order valence-corrected chi connectivity index (χ0v) is 10.8. The van der Waals surface area contributed by atoms with Crippen molar-refractivity contribution in [2.75, 3.05) is 11.1 Å². The van der Waals surface area contributed by atoms with Crippen LogP contribution in [0.4, 0.5) is 11.4 Å². The topological polar surface area (TPSA) is 110 Å². The van der Waals surface area contributed by atoms with Crippen LogP contribution in [0.15, 0.2) is 33.6 Å². The lowest BCUT2D eigenvalue weighted by molar-refractivity contribution is 0.555. The van der Waals surface area contributed by atoms with E-state index in [1.165, 1.54) is 0 Å². The van der Waals surface area contributed by atoms with Gasteiger partial charge in [0.25, 0.3) is 0 Å². The molecule has 0 spiro atoms. The lowest BCUT2D eigenvalue weighted by Crippen LogP contribution is -2.05. The molecular weight excluding hydrogens is 258 g/mol. The van der Waals surface area contributed by atoms with Crippen LogP contribution in [-0.4, -0.2) is 15.0 Å². The normalized spacial score (nSPS) is 10.8. The highest BCUT2D eigenvalue weighted by atomic mass is 16.4. The number of nitrogens with one attached hydrogen (secondary N) is 2. The van der Waals surface area contributed by atoms with Crippen LogP contribution in [0.5, 0.6) is 0 Å². The minimum atomic E-state index is -0.497. The minimum absolute atomic E-state index is 0.441. The molecule has 0 unspecified atom stereocenters. The van der Waals surface area contributed by atoms with Crippen molar-refractivity contribution in [1.82, 2.24) is 15.0 Å². The Bertz CT molecular complexity index is 821. The molecular formula is C13H13N5O2. The second-order valence-corrected chi connectivity index (χ2v) is 4.40. The number of nitrogens with two attached hydrogens (primary N) is 1. The number of aryl methyl sites for hydroxylation is 1. The van der Waals surface area contributed by atoms with Crippen LogP contribution in [0, 0.1) is 6.92 Å². The van der Waals surface area contributed by atoms with Gasteiger partial charge in [-0.05, 0) is 19.1 Å². The van der Waals surface area contributed by atoms with Crippen LogP contribution in [0.2, 0.25) is 0 Å². The molecule has 0 aliphatic carbocycles. The van der Waals surface area contributed by atoms with Crippen molar-refractivity contribution >= 4 is 22.5 Å². The van der Waals surface area contributed by atoms with Crippen molar-refractivity contribution in [3.8, 4) is 0 Å². The maximum atomic E-state index is 11.1. The summed E-state index contributed by atoms with van der Waals surface area (Å²) in [6.45, 7) is 2.35. The molecule has 2 heterocycles. The number of nitrogens with zero attached hydrogens (tertiary/aromatic N) is 2. The van der Waals surface area contributed by atoms with E-state index in [1.807, 2.05) is 13.0 Å². The molecule has 0 saturated heterocycles. The number of rotatable bonds is 3. The van der Waals surface area contributed by atoms with Gasteiger partial charge < -0.3 is 15.5 Å². The molecule has 0 aliphatic rings. The quantitative estimate of drug-likeness (QED) is 0.621. The van der Waals surface area contributed by atoms with E-state index in [4.69, 9.17) is 10.2 Å². The summed E-state index contributed by atoms with van der Waals surface area (Å²) in [6.07, 6.45) is 1.71. The van der Waals surface area contributed by atoms with Crippen LogP contribution in [0.3, 0.4) is 0 Å². The number of benzene rings is 1. The molecule has 0 amide bonds. The largest absolute Gasteiger partial charge is 0.417 e. The fraction of sp³-hybridized carbons (Fsp3) is 0.154. The first-order valence-corrected chi connectivity index (χ1v) is 6.06. The van der Waals surface area contributed by atoms with Gasteiger partial charge in [0, 0.05) is 12.3 Å². The smallest absolute Gasteiger partial charge is 0.408 e. The molecule has 1 aromatic carbocycles. The average molecular weight is 271 g/mol.